The van der Waals surface area contributed by atoms with Gasteiger partial charge in [0.2, 0.25) is 5.60 Å². The van der Waals surface area contributed by atoms with Crippen LogP contribution in [0.15, 0.2) is 71.9 Å². The first-order valence-electron chi connectivity index (χ1n) is 18.6. The summed E-state index contributed by atoms with van der Waals surface area (Å²) in [6.45, 7) is 15.3. The van der Waals surface area contributed by atoms with Gasteiger partial charge >= 0.3 is 7.12 Å². The van der Waals surface area contributed by atoms with Crippen LogP contribution in [0.3, 0.4) is 0 Å². The molecule has 11 heteroatoms. The highest BCUT2D eigenvalue weighted by Gasteiger charge is 2.68. The van der Waals surface area contributed by atoms with Crippen LogP contribution in [-0.2, 0) is 25.4 Å². The maximum absolute atomic E-state index is 14.5. The fourth-order valence-corrected chi connectivity index (χ4v) is 8.96. The third kappa shape index (κ3) is 6.63. The summed E-state index contributed by atoms with van der Waals surface area (Å²) in [6.07, 6.45) is 3.40. The highest BCUT2D eigenvalue weighted by atomic mass is 16.7. The number of carbonyl (C=O) groups excluding carboxylic acids is 2. The van der Waals surface area contributed by atoms with Crippen LogP contribution < -0.4 is 10.6 Å². The molecule has 6 atom stereocenters. The second-order valence-electron chi connectivity index (χ2n) is 16.6. The van der Waals surface area contributed by atoms with Crippen LogP contribution in [0.5, 0.6) is 0 Å². The zero-order chi connectivity index (χ0) is 36.1. The lowest BCUT2D eigenvalue weighted by atomic mass is 9.43. The quantitative estimate of drug-likeness (QED) is 0.212. The molecule has 51 heavy (non-hydrogen) atoms. The molecule has 3 heterocycles. The number of carbonyl (C=O) groups is 2. The second-order valence-corrected chi connectivity index (χ2v) is 16.6. The normalized spacial score (nSPS) is 28.1. The van der Waals surface area contributed by atoms with Gasteiger partial charge in [-0.2, -0.15) is 5.10 Å². The standard InChI is InChI=1S/C40H52BN5O5/c1-25(2)18-35(41-49-34-20-29-19-33(38(29,5)6)39(34,7)50-41)43-37(48)40(22-27-14-10-8-11-15-27)23-30(45-51-40)24-42-36(47)32-21-31(44-46(32)26(3)4)28-16-12-9-13-17-28/h8-17,21,25-26,29,33-35H,18-20,22-24H2,1-7H3,(H,42,47)(H,43,48)/t29-,33-,34+,35-,39-,40?/m0/s1. The van der Waals surface area contributed by atoms with Gasteiger partial charge < -0.3 is 24.8 Å². The van der Waals surface area contributed by atoms with Gasteiger partial charge in [-0.25, -0.2) is 0 Å². The van der Waals surface area contributed by atoms with Gasteiger partial charge in [0.15, 0.2) is 0 Å². The number of amides is 2. The van der Waals surface area contributed by atoms with E-state index >= 15 is 0 Å². The van der Waals surface area contributed by atoms with E-state index < -0.39 is 12.7 Å². The lowest BCUT2D eigenvalue weighted by Gasteiger charge is -2.64. The number of rotatable bonds is 12. The molecule has 10 nitrogen and oxygen atoms in total. The number of oxime groups is 1. The highest BCUT2D eigenvalue weighted by molar-refractivity contribution is 6.48. The molecule has 270 valence electrons. The summed E-state index contributed by atoms with van der Waals surface area (Å²) in [7, 11) is -0.553. The van der Waals surface area contributed by atoms with Crippen molar-refractivity contribution < 1.29 is 23.7 Å². The molecule has 5 aliphatic rings. The Bertz CT molecular complexity index is 1780. The van der Waals surface area contributed by atoms with Gasteiger partial charge in [-0.05, 0) is 74.8 Å². The molecule has 1 unspecified atom stereocenters. The summed E-state index contributed by atoms with van der Waals surface area (Å²) >= 11 is 0. The Kier molecular flexibility index (Phi) is 9.42. The molecule has 8 rings (SSSR count). The molecule has 2 aliphatic heterocycles. The SMILES string of the molecule is CC(C)C[C@H](NC(=O)C1(Cc2ccccc2)CC(CNC(=O)c2cc(-c3ccccc3)nn2C(C)C)=NO1)B1O[C@@H]2C[C@@H]3C[C@@H](C3(C)C)[C@]2(C)O1. The lowest BCUT2D eigenvalue weighted by Crippen LogP contribution is -2.65. The summed E-state index contributed by atoms with van der Waals surface area (Å²) in [4.78, 5) is 34.3. The van der Waals surface area contributed by atoms with E-state index in [-0.39, 0.29) is 53.9 Å². The summed E-state index contributed by atoms with van der Waals surface area (Å²) in [5, 5.41) is 15.5. The van der Waals surface area contributed by atoms with Gasteiger partial charge in [0.25, 0.3) is 11.8 Å². The monoisotopic (exact) mass is 693 g/mol. The molecule has 2 N–H and O–H groups in total. The van der Waals surface area contributed by atoms with Crippen LogP contribution in [0.25, 0.3) is 11.3 Å². The molecule has 4 fully saturated rings. The van der Waals surface area contributed by atoms with Gasteiger partial charge in [0.05, 0.1) is 35.6 Å². The summed E-state index contributed by atoms with van der Waals surface area (Å²) < 4.78 is 15.2. The Balaban J connectivity index is 1.07. The molecular formula is C40H52BN5O5. The maximum atomic E-state index is 14.5. The van der Waals surface area contributed by atoms with Crippen LogP contribution in [0, 0.1) is 23.2 Å². The van der Waals surface area contributed by atoms with E-state index in [0.29, 0.717) is 42.0 Å². The molecule has 2 amide bonds. The van der Waals surface area contributed by atoms with Crippen molar-refractivity contribution in [3.63, 3.8) is 0 Å². The van der Waals surface area contributed by atoms with Crippen molar-refractivity contribution >= 4 is 24.6 Å². The van der Waals surface area contributed by atoms with E-state index in [9.17, 15) is 9.59 Å². The van der Waals surface area contributed by atoms with E-state index in [1.54, 1.807) is 4.68 Å². The van der Waals surface area contributed by atoms with Crippen LogP contribution in [0.1, 0.15) is 96.2 Å². The van der Waals surface area contributed by atoms with Gasteiger partial charge in [0, 0.05) is 24.4 Å². The van der Waals surface area contributed by atoms with Gasteiger partial charge in [-0.15, -0.1) is 0 Å². The molecule has 3 aromatic rings. The Labute approximate surface area is 302 Å². The molecule has 2 bridgehead atoms. The van der Waals surface area contributed by atoms with Crippen molar-refractivity contribution in [2.24, 2.45) is 28.3 Å². The summed E-state index contributed by atoms with van der Waals surface area (Å²) in [6, 6.07) is 21.4. The minimum absolute atomic E-state index is 0.0150. The molecule has 0 spiro atoms. The van der Waals surface area contributed by atoms with Crippen molar-refractivity contribution in [2.45, 2.75) is 110 Å². The first kappa shape index (κ1) is 35.4. The highest BCUT2D eigenvalue weighted by Crippen LogP contribution is 2.65. The van der Waals surface area contributed by atoms with Crippen molar-refractivity contribution in [1.82, 2.24) is 20.4 Å². The molecule has 1 saturated heterocycles. The minimum Gasteiger partial charge on any atom is -0.404 e. The minimum atomic E-state index is -1.30. The first-order valence-corrected chi connectivity index (χ1v) is 18.6. The van der Waals surface area contributed by atoms with E-state index in [1.807, 2.05) is 80.6 Å². The van der Waals surface area contributed by atoms with E-state index in [2.05, 4.69) is 50.4 Å². The number of nitrogens with one attached hydrogen (secondary N) is 2. The predicted octanol–water partition coefficient (Wildman–Crippen LogP) is 6.42. The number of benzene rings is 2. The Hall–Kier alpha value is -3.96. The zero-order valence-electron chi connectivity index (χ0n) is 31.0. The summed E-state index contributed by atoms with van der Waals surface area (Å²) in [5.41, 5.74) is 2.22. The van der Waals surface area contributed by atoms with E-state index in [0.717, 1.165) is 29.7 Å². The fourth-order valence-electron chi connectivity index (χ4n) is 8.96. The number of hydrogen-bond donors (Lipinski definition) is 2. The molecule has 1 aromatic heterocycles. The fraction of sp³-hybridized carbons (Fsp3) is 0.550. The Morgan fingerprint density at radius 3 is 2.37 bits per heavy atom. The van der Waals surface area contributed by atoms with Gasteiger partial charge in [-0.1, -0.05) is 93.5 Å². The molecular weight excluding hydrogens is 641 g/mol. The Morgan fingerprint density at radius 1 is 1.00 bits per heavy atom. The van der Waals surface area contributed by atoms with Crippen LogP contribution in [0.2, 0.25) is 0 Å². The molecule has 3 aliphatic carbocycles. The topological polar surface area (TPSA) is 116 Å². The first-order chi connectivity index (χ1) is 24.3. The predicted molar refractivity (Wildman–Crippen MR) is 198 cm³/mol. The second kappa shape index (κ2) is 13.5. The van der Waals surface area contributed by atoms with Crippen molar-refractivity contribution in [2.75, 3.05) is 6.54 Å². The van der Waals surface area contributed by atoms with Gasteiger partial charge in [0.1, 0.15) is 5.69 Å². The summed E-state index contributed by atoms with van der Waals surface area (Å²) in [5.74, 6) is 0.456. The largest absolute Gasteiger partial charge is 0.481 e. The Morgan fingerprint density at radius 2 is 1.71 bits per heavy atom. The molecule has 3 saturated carbocycles. The van der Waals surface area contributed by atoms with Crippen molar-refractivity contribution in [1.29, 1.82) is 0 Å². The van der Waals surface area contributed by atoms with Crippen LogP contribution in [-0.4, -0.2) is 64.2 Å². The van der Waals surface area contributed by atoms with Crippen LogP contribution >= 0.6 is 0 Å². The number of nitrogens with zero attached hydrogens (tertiary/aromatic N) is 3. The molecule has 2 aromatic carbocycles. The molecule has 0 radical (unpaired) electrons. The van der Waals surface area contributed by atoms with Crippen molar-refractivity contribution in [3.8, 4) is 11.3 Å². The zero-order valence-corrected chi connectivity index (χ0v) is 31.0. The average molecular weight is 694 g/mol. The third-order valence-corrected chi connectivity index (χ3v) is 11.9. The number of hydrogen-bond acceptors (Lipinski definition) is 7. The van der Waals surface area contributed by atoms with E-state index in [1.165, 1.54) is 0 Å². The lowest BCUT2D eigenvalue weighted by molar-refractivity contribution is -0.199. The van der Waals surface area contributed by atoms with Gasteiger partial charge in [-0.3, -0.25) is 14.3 Å². The number of aromatic nitrogens is 2. The maximum Gasteiger partial charge on any atom is 0.481 e. The smallest absolute Gasteiger partial charge is 0.404 e. The average Bonchev–Trinajstić information content (AvgIpc) is 3.83. The third-order valence-electron chi connectivity index (χ3n) is 11.9. The van der Waals surface area contributed by atoms with Crippen LogP contribution in [0.4, 0.5) is 0 Å². The van der Waals surface area contributed by atoms with Crippen molar-refractivity contribution in [3.05, 3.63) is 78.0 Å². The van der Waals surface area contributed by atoms with E-state index in [4.69, 9.17) is 19.2 Å².